The molecular formula is C17H24BrNO2. The van der Waals surface area contributed by atoms with Crippen molar-refractivity contribution in [1.29, 1.82) is 0 Å². The van der Waals surface area contributed by atoms with E-state index in [1.54, 1.807) is 0 Å². The van der Waals surface area contributed by atoms with Gasteiger partial charge in [0.1, 0.15) is 5.75 Å². The molecule has 0 saturated carbocycles. The largest absolute Gasteiger partial charge is 0.491 e. The number of piperidine rings is 1. The zero-order valence-electron chi connectivity index (χ0n) is 13.0. The van der Waals surface area contributed by atoms with Crippen LogP contribution in [0, 0.1) is 5.92 Å². The number of hydrogen-bond acceptors (Lipinski definition) is 2. The lowest BCUT2D eigenvalue weighted by molar-refractivity contribution is 0.0691. The van der Waals surface area contributed by atoms with Crippen LogP contribution >= 0.6 is 15.9 Å². The van der Waals surface area contributed by atoms with E-state index >= 15 is 0 Å². The number of rotatable bonds is 4. The first kappa shape index (κ1) is 16.3. The predicted molar refractivity (Wildman–Crippen MR) is 89.2 cm³/mol. The Bertz CT molecular complexity index is 479. The van der Waals surface area contributed by atoms with Crippen molar-refractivity contribution in [3.63, 3.8) is 0 Å². The van der Waals surface area contributed by atoms with Crippen molar-refractivity contribution in [3.8, 4) is 5.75 Å². The van der Waals surface area contributed by atoms with Crippen LogP contribution in [-0.2, 0) is 0 Å². The second kappa shape index (κ2) is 7.30. The molecule has 2 rings (SSSR count). The smallest absolute Gasteiger partial charge is 0.253 e. The molecule has 1 atom stereocenters. The molecule has 1 unspecified atom stereocenters. The van der Waals surface area contributed by atoms with Crippen molar-refractivity contribution in [1.82, 2.24) is 4.90 Å². The number of nitrogens with zero attached hydrogens (tertiary/aromatic N) is 1. The molecule has 0 N–H and O–H groups in total. The first-order valence-corrected chi connectivity index (χ1v) is 8.59. The van der Waals surface area contributed by atoms with Gasteiger partial charge >= 0.3 is 0 Å². The minimum absolute atomic E-state index is 0.116. The molecule has 116 valence electrons. The van der Waals surface area contributed by atoms with Gasteiger partial charge in [0, 0.05) is 23.5 Å². The Kier molecular flexibility index (Phi) is 5.68. The Morgan fingerprint density at radius 1 is 1.29 bits per heavy atom. The van der Waals surface area contributed by atoms with Crippen molar-refractivity contribution in [2.45, 2.75) is 44.5 Å². The first-order valence-electron chi connectivity index (χ1n) is 7.67. The summed E-state index contributed by atoms with van der Waals surface area (Å²) in [5, 5.41) is 0. The summed E-state index contributed by atoms with van der Waals surface area (Å²) in [4.78, 5) is 15.1. The summed E-state index contributed by atoms with van der Waals surface area (Å²) in [5.41, 5.74) is 0.721. The maximum absolute atomic E-state index is 12.6. The third kappa shape index (κ3) is 4.47. The summed E-state index contributed by atoms with van der Waals surface area (Å²) in [6.07, 6.45) is 2.26. The summed E-state index contributed by atoms with van der Waals surface area (Å²) < 4.78 is 5.66. The number of halogens is 1. The third-order valence-electron chi connectivity index (χ3n) is 3.93. The van der Waals surface area contributed by atoms with Crippen LogP contribution < -0.4 is 4.74 Å². The lowest BCUT2D eigenvalue weighted by Crippen LogP contribution is -2.39. The highest BCUT2D eigenvalue weighted by atomic mass is 79.9. The van der Waals surface area contributed by atoms with Gasteiger partial charge in [0.25, 0.3) is 5.91 Å². The third-order valence-corrected chi connectivity index (χ3v) is 4.68. The van der Waals surface area contributed by atoms with E-state index in [9.17, 15) is 4.79 Å². The monoisotopic (exact) mass is 353 g/mol. The second-order valence-corrected chi connectivity index (χ2v) is 7.45. The van der Waals surface area contributed by atoms with Gasteiger partial charge in [0.2, 0.25) is 0 Å². The molecule has 3 nitrogen and oxygen atoms in total. The van der Waals surface area contributed by atoms with E-state index in [0.29, 0.717) is 10.7 Å². The highest BCUT2D eigenvalue weighted by Crippen LogP contribution is 2.26. The van der Waals surface area contributed by atoms with E-state index in [1.165, 1.54) is 0 Å². The number of carbonyl (C=O) groups is 1. The summed E-state index contributed by atoms with van der Waals surface area (Å²) in [5.74, 6) is 1.55. The van der Waals surface area contributed by atoms with Crippen LogP contribution in [-0.4, -0.2) is 34.8 Å². The van der Waals surface area contributed by atoms with Gasteiger partial charge in [-0.3, -0.25) is 4.79 Å². The van der Waals surface area contributed by atoms with Crippen LogP contribution in [0.15, 0.2) is 24.3 Å². The molecule has 0 aromatic heterocycles. The highest BCUT2D eigenvalue weighted by Gasteiger charge is 2.25. The van der Waals surface area contributed by atoms with Gasteiger partial charge in [0.15, 0.2) is 0 Å². The van der Waals surface area contributed by atoms with E-state index in [1.807, 2.05) is 43.0 Å². The second-order valence-electron chi connectivity index (χ2n) is 6.00. The number of carbonyl (C=O) groups excluding carboxylic acids is 1. The predicted octanol–water partition coefficient (Wildman–Crippen LogP) is 4.11. The molecule has 1 aromatic rings. The molecule has 1 amide bonds. The summed E-state index contributed by atoms with van der Waals surface area (Å²) in [6, 6.07) is 7.50. The van der Waals surface area contributed by atoms with Crippen molar-refractivity contribution < 1.29 is 9.53 Å². The summed E-state index contributed by atoms with van der Waals surface area (Å²) in [7, 11) is 0. The Balaban J connectivity index is 2.00. The van der Waals surface area contributed by atoms with Gasteiger partial charge in [-0.2, -0.15) is 0 Å². The molecular weight excluding hydrogens is 330 g/mol. The number of hydrogen-bond donors (Lipinski definition) is 0. The Morgan fingerprint density at radius 3 is 2.52 bits per heavy atom. The van der Waals surface area contributed by atoms with Crippen LogP contribution in [0.3, 0.4) is 0 Å². The van der Waals surface area contributed by atoms with Crippen LogP contribution in [0.5, 0.6) is 5.75 Å². The molecule has 1 heterocycles. The lowest BCUT2D eigenvalue weighted by Gasteiger charge is -2.33. The van der Waals surface area contributed by atoms with E-state index in [0.717, 1.165) is 37.2 Å². The fourth-order valence-corrected chi connectivity index (χ4v) is 3.25. The maximum Gasteiger partial charge on any atom is 0.253 e. The zero-order valence-corrected chi connectivity index (χ0v) is 14.6. The van der Waals surface area contributed by atoms with Crippen molar-refractivity contribution in [2.75, 3.05) is 13.1 Å². The average Bonchev–Trinajstić information content (AvgIpc) is 2.46. The summed E-state index contributed by atoms with van der Waals surface area (Å²) in [6.45, 7) is 7.85. The van der Waals surface area contributed by atoms with Crippen LogP contribution in [0.4, 0.5) is 0 Å². The number of ether oxygens (including phenoxy) is 1. The van der Waals surface area contributed by atoms with Gasteiger partial charge in [-0.05, 0) is 50.8 Å². The summed E-state index contributed by atoms with van der Waals surface area (Å²) >= 11 is 3.65. The van der Waals surface area contributed by atoms with E-state index < -0.39 is 0 Å². The number of likely N-dealkylation sites (tertiary alicyclic amines) is 1. The fourth-order valence-electron chi connectivity index (χ4n) is 2.72. The minimum Gasteiger partial charge on any atom is -0.491 e. The Morgan fingerprint density at radius 2 is 1.95 bits per heavy atom. The fraction of sp³-hybridized carbons (Fsp3) is 0.588. The number of amides is 1. The number of alkyl halides is 1. The van der Waals surface area contributed by atoms with Gasteiger partial charge < -0.3 is 9.64 Å². The molecule has 0 spiro atoms. The lowest BCUT2D eigenvalue weighted by atomic mass is 9.94. The van der Waals surface area contributed by atoms with Crippen LogP contribution in [0.1, 0.15) is 44.0 Å². The molecule has 1 aliphatic rings. The van der Waals surface area contributed by atoms with E-state index in [2.05, 4.69) is 22.9 Å². The average molecular weight is 354 g/mol. The van der Waals surface area contributed by atoms with E-state index in [4.69, 9.17) is 4.74 Å². The first-order chi connectivity index (χ1) is 9.97. The highest BCUT2D eigenvalue weighted by molar-refractivity contribution is 9.09. The standard InChI is InChI=1S/C17H24BrNO2/c1-12(2)21-16-6-4-5-15(11-16)17(20)19-9-7-14(8-10-19)13(3)18/h4-6,11-14H,7-10H2,1-3H3. The molecule has 0 bridgehead atoms. The molecule has 21 heavy (non-hydrogen) atoms. The maximum atomic E-state index is 12.6. The Labute approximate surface area is 135 Å². The molecule has 1 aliphatic heterocycles. The van der Waals surface area contributed by atoms with Crippen molar-refractivity contribution in [2.24, 2.45) is 5.92 Å². The van der Waals surface area contributed by atoms with Gasteiger partial charge in [-0.15, -0.1) is 0 Å². The van der Waals surface area contributed by atoms with Crippen molar-refractivity contribution >= 4 is 21.8 Å². The topological polar surface area (TPSA) is 29.5 Å². The number of benzene rings is 1. The molecule has 1 saturated heterocycles. The van der Waals surface area contributed by atoms with E-state index in [-0.39, 0.29) is 12.0 Å². The van der Waals surface area contributed by atoms with Crippen molar-refractivity contribution in [3.05, 3.63) is 29.8 Å². The Hall–Kier alpha value is -1.03. The molecule has 1 aromatic carbocycles. The molecule has 0 aliphatic carbocycles. The molecule has 1 fully saturated rings. The van der Waals surface area contributed by atoms with Crippen LogP contribution in [0.25, 0.3) is 0 Å². The SMILES string of the molecule is CC(C)Oc1cccc(C(=O)N2CCC(C(C)Br)CC2)c1. The van der Waals surface area contributed by atoms with Gasteiger partial charge in [0.05, 0.1) is 6.10 Å². The van der Waals surface area contributed by atoms with Gasteiger partial charge in [-0.25, -0.2) is 0 Å². The normalized spacial score (nSPS) is 17.9. The molecule has 4 heteroatoms. The van der Waals surface area contributed by atoms with Gasteiger partial charge in [-0.1, -0.05) is 28.9 Å². The molecule has 0 radical (unpaired) electrons. The zero-order chi connectivity index (χ0) is 15.4. The quantitative estimate of drug-likeness (QED) is 0.762. The van der Waals surface area contributed by atoms with Crippen LogP contribution in [0.2, 0.25) is 0 Å². The minimum atomic E-state index is 0.116.